The summed E-state index contributed by atoms with van der Waals surface area (Å²) in [5.41, 5.74) is 0.768. The largest absolute Gasteiger partial charge is 0.386 e. The normalized spacial score (nSPS) is 11.5. The Bertz CT molecular complexity index is 655. The van der Waals surface area contributed by atoms with Crippen LogP contribution in [0.5, 0.6) is 0 Å². The molecule has 0 bridgehead atoms. The van der Waals surface area contributed by atoms with Crippen LogP contribution in [0.15, 0.2) is 48.6 Å². The summed E-state index contributed by atoms with van der Waals surface area (Å²) >= 11 is 0. The Morgan fingerprint density at radius 1 is 0.439 bits per heavy atom. The van der Waals surface area contributed by atoms with Crippen LogP contribution in [-0.2, 0) is 14.3 Å². The molecule has 0 unspecified atom stereocenters. The second-order valence-electron chi connectivity index (χ2n) is 11.8. The lowest BCUT2D eigenvalue weighted by Gasteiger charge is -2.07. The van der Waals surface area contributed by atoms with Gasteiger partial charge in [0, 0.05) is 11.1 Å². The van der Waals surface area contributed by atoms with Gasteiger partial charge in [-0.05, 0) is 77.0 Å². The van der Waals surface area contributed by atoms with Crippen molar-refractivity contribution in [2.24, 2.45) is 0 Å². The van der Waals surface area contributed by atoms with Crippen LogP contribution in [0.2, 0.25) is 0 Å². The monoisotopic (exact) mass is 571 g/mol. The number of rotatable bonds is 30. The maximum atomic E-state index is 12.2. The lowest BCUT2D eigenvalue weighted by atomic mass is 10.1. The molecule has 0 fully saturated rings. The SMILES string of the molecule is C=C(CCCCCCC=CCCCCCCCC)C(=O)OC(=O)C(=C)CCCCCC/C=C\CCCCCCCC. The van der Waals surface area contributed by atoms with E-state index in [0.717, 1.165) is 51.4 Å². The van der Waals surface area contributed by atoms with Crippen molar-refractivity contribution in [2.75, 3.05) is 0 Å². The first kappa shape index (κ1) is 39.1. The summed E-state index contributed by atoms with van der Waals surface area (Å²) in [6, 6.07) is 0. The smallest absolute Gasteiger partial charge is 0.341 e. The molecule has 3 heteroatoms. The second kappa shape index (κ2) is 31.0. The molecule has 0 atom stereocenters. The van der Waals surface area contributed by atoms with Gasteiger partial charge in [0.25, 0.3) is 0 Å². The summed E-state index contributed by atoms with van der Waals surface area (Å²) in [4.78, 5) is 24.5. The van der Waals surface area contributed by atoms with Crippen LogP contribution in [-0.4, -0.2) is 11.9 Å². The Hall–Kier alpha value is -1.90. The van der Waals surface area contributed by atoms with Crippen molar-refractivity contribution in [2.45, 2.75) is 181 Å². The van der Waals surface area contributed by atoms with Crippen LogP contribution in [0.25, 0.3) is 0 Å². The van der Waals surface area contributed by atoms with Gasteiger partial charge in [-0.25, -0.2) is 9.59 Å². The molecule has 0 aromatic heterocycles. The van der Waals surface area contributed by atoms with Crippen molar-refractivity contribution in [3.8, 4) is 0 Å². The van der Waals surface area contributed by atoms with E-state index in [4.69, 9.17) is 4.74 Å². The topological polar surface area (TPSA) is 43.4 Å². The molecule has 0 aliphatic rings. The predicted molar refractivity (Wildman–Crippen MR) is 179 cm³/mol. The minimum absolute atomic E-state index is 0.384. The summed E-state index contributed by atoms with van der Waals surface area (Å²) < 4.78 is 5.02. The quantitative estimate of drug-likeness (QED) is 0.0283. The second-order valence-corrected chi connectivity index (χ2v) is 11.8. The highest BCUT2D eigenvalue weighted by Crippen LogP contribution is 2.15. The van der Waals surface area contributed by atoms with Gasteiger partial charge in [-0.2, -0.15) is 0 Å². The zero-order valence-corrected chi connectivity index (χ0v) is 27.3. The van der Waals surface area contributed by atoms with Crippen LogP contribution in [0, 0.1) is 0 Å². The fourth-order valence-corrected chi connectivity index (χ4v) is 4.90. The number of ether oxygens (including phenoxy) is 1. The zero-order chi connectivity index (χ0) is 30.2. The highest BCUT2D eigenvalue weighted by Gasteiger charge is 2.16. The summed E-state index contributed by atoms with van der Waals surface area (Å²) in [7, 11) is 0. The number of unbranched alkanes of at least 4 members (excludes halogenated alkanes) is 20. The molecule has 0 saturated carbocycles. The summed E-state index contributed by atoms with van der Waals surface area (Å²) in [5.74, 6) is -1.19. The van der Waals surface area contributed by atoms with Gasteiger partial charge in [0.2, 0.25) is 0 Å². The van der Waals surface area contributed by atoms with Gasteiger partial charge < -0.3 is 4.74 Å². The highest BCUT2D eigenvalue weighted by molar-refractivity contribution is 6.01. The zero-order valence-electron chi connectivity index (χ0n) is 27.3. The Morgan fingerprint density at radius 2 is 0.707 bits per heavy atom. The molecule has 0 rings (SSSR count). The maximum Gasteiger partial charge on any atom is 0.341 e. The fourth-order valence-electron chi connectivity index (χ4n) is 4.90. The minimum atomic E-state index is -0.596. The predicted octanol–water partition coefficient (Wildman–Crippen LogP) is 12.5. The Labute approximate surface area is 255 Å². The van der Waals surface area contributed by atoms with E-state index < -0.39 is 11.9 Å². The van der Waals surface area contributed by atoms with E-state index in [0.29, 0.717) is 24.0 Å². The number of hydrogen-bond donors (Lipinski definition) is 0. The number of carbonyl (C=O) groups is 2. The number of allylic oxidation sites excluding steroid dienone is 4. The van der Waals surface area contributed by atoms with E-state index in [1.165, 1.54) is 103 Å². The average molecular weight is 571 g/mol. The third-order valence-electron chi connectivity index (χ3n) is 7.74. The Morgan fingerprint density at radius 3 is 1.02 bits per heavy atom. The molecule has 0 saturated heterocycles. The van der Waals surface area contributed by atoms with E-state index in [1.54, 1.807) is 0 Å². The van der Waals surface area contributed by atoms with Gasteiger partial charge in [-0.15, -0.1) is 0 Å². The van der Waals surface area contributed by atoms with Crippen molar-refractivity contribution < 1.29 is 14.3 Å². The van der Waals surface area contributed by atoms with Gasteiger partial charge in [0.1, 0.15) is 0 Å². The number of hydrogen-bond acceptors (Lipinski definition) is 3. The molecule has 0 aromatic rings. The van der Waals surface area contributed by atoms with Crippen molar-refractivity contribution in [1.82, 2.24) is 0 Å². The Balaban J connectivity index is 3.65. The van der Waals surface area contributed by atoms with Crippen LogP contribution in [0.3, 0.4) is 0 Å². The summed E-state index contributed by atoms with van der Waals surface area (Å²) in [6.45, 7) is 12.2. The van der Waals surface area contributed by atoms with Gasteiger partial charge >= 0.3 is 11.9 Å². The first-order valence-electron chi connectivity index (χ1n) is 17.4. The van der Waals surface area contributed by atoms with E-state index in [-0.39, 0.29) is 0 Å². The third kappa shape index (κ3) is 28.0. The van der Waals surface area contributed by atoms with Crippen LogP contribution in [0.1, 0.15) is 181 Å². The van der Waals surface area contributed by atoms with Gasteiger partial charge in [-0.3, -0.25) is 0 Å². The van der Waals surface area contributed by atoms with Gasteiger partial charge in [-0.1, -0.05) is 141 Å². The van der Waals surface area contributed by atoms with Gasteiger partial charge in [0.15, 0.2) is 0 Å². The first-order valence-corrected chi connectivity index (χ1v) is 17.4. The van der Waals surface area contributed by atoms with E-state index in [2.05, 4.69) is 51.3 Å². The van der Waals surface area contributed by atoms with Crippen LogP contribution < -0.4 is 0 Å². The first-order chi connectivity index (χ1) is 20.0. The molecule has 0 N–H and O–H groups in total. The molecule has 0 aliphatic heterocycles. The molecule has 0 spiro atoms. The van der Waals surface area contributed by atoms with Crippen LogP contribution >= 0.6 is 0 Å². The van der Waals surface area contributed by atoms with Crippen LogP contribution in [0.4, 0.5) is 0 Å². The lowest BCUT2D eigenvalue weighted by Crippen LogP contribution is -2.15. The molecule has 0 aromatic carbocycles. The Kier molecular flexibility index (Phi) is 29.6. The summed E-state index contributed by atoms with van der Waals surface area (Å²) in [5, 5.41) is 0. The number of carbonyl (C=O) groups excluding carboxylic acids is 2. The van der Waals surface area contributed by atoms with Crippen molar-refractivity contribution >= 4 is 11.9 Å². The number of esters is 2. The fraction of sp³-hybridized carbons (Fsp3) is 0.737. The van der Waals surface area contributed by atoms with E-state index >= 15 is 0 Å². The van der Waals surface area contributed by atoms with E-state index in [9.17, 15) is 9.59 Å². The highest BCUT2D eigenvalue weighted by atomic mass is 16.6. The van der Waals surface area contributed by atoms with Crippen molar-refractivity contribution in [3.63, 3.8) is 0 Å². The molecule has 236 valence electrons. The molecule has 41 heavy (non-hydrogen) atoms. The molecule has 3 nitrogen and oxygen atoms in total. The third-order valence-corrected chi connectivity index (χ3v) is 7.74. The molecule has 0 aliphatic carbocycles. The maximum absolute atomic E-state index is 12.2. The van der Waals surface area contributed by atoms with Crippen molar-refractivity contribution in [1.29, 1.82) is 0 Å². The molecular formula is C38H66O3. The van der Waals surface area contributed by atoms with Crippen molar-refractivity contribution in [3.05, 3.63) is 48.6 Å². The lowest BCUT2D eigenvalue weighted by molar-refractivity contribution is -0.154. The molecule has 0 radical (unpaired) electrons. The molecule has 0 amide bonds. The minimum Gasteiger partial charge on any atom is -0.386 e. The molecule has 0 heterocycles. The standard InChI is InChI=1S/C38H66O3/c1-5-7-9-11-13-15-17-19-21-23-25-27-29-31-33-35(3)37(39)41-38(40)36(4)34-32-30-28-26-24-22-20-18-16-14-12-10-8-6-2/h19-22H,3-18,23-34H2,1-2H3/b21-19-,22-20?. The average Bonchev–Trinajstić information content (AvgIpc) is 2.97. The molecular weight excluding hydrogens is 504 g/mol. The van der Waals surface area contributed by atoms with E-state index in [1.807, 2.05) is 0 Å². The summed E-state index contributed by atoms with van der Waals surface area (Å²) in [6.07, 6.45) is 39.9. The van der Waals surface area contributed by atoms with Gasteiger partial charge in [0.05, 0.1) is 0 Å².